The van der Waals surface area contributed by atoms with Gasteiger partial charge >= 0.3 is 6.43 Å². The van der Waals surface area contributed by atoms with Gasteiger partial charge in [0, 0.05) is 18.9 Å². The van der Waals surface area contributed by atoms with E-state index in [1.54, 1.807) is 0 Å². The Morgan fingerprint density at radius 2 is 2.27 bits per heavy atom. The monoisotopic (exact) mass is 217 g/mol. The zero-order valence-corrected chi connectivity index (χ0v) is 7.74. The van der Waals surface area contributed by atoms with Crippen molar-refractivity contribution in [3.05, 3.63) is 11.8 Å². The summed E-state index contributed by atoms with van der Waals surface area (Å²) in [6, 6.07) is 0. The molecule has 1 saturated heterocycles. The smallest absolute Gasteiger partial charge is 0.314 e. The molecule has 0 aliphatic carbocycles. The van der Waals surface area contributed by atoms with E-state index in [0.717, 1.165) is 0 Å². The molecule has 0 saturated carbocycles. The van der Waals surface area contributed by atoms with Crippen LogP contribution >= 0.6 is 0 Å². The summed E-state index contributed by atoms with van der Waals surface area (Å²) in [5.74, 6) is -0.919. The lowest BCUT2D eigenvalue weighted by atomic mass is 9.98. The quantitative estimate of drug-likeness (QED) is 0.802. The lowest BCUT2D eigenvalue weighted by Gasteiger charge is -2.18. The van der Waals surface area contributed by atoms with Gasteiger partial charge < -0.3 is 9.73 Å². The maximum absolute atomic E-state index is 12.1. The van der Waals surface area contributed by atoms with Crippen LogP contribution in [0.1, 0.15) is 37.0 Å². The topological polar surface area (TPSA) is 68.0 Å². The molecular weight excluding hydrogens is 208 g/mol. The lowest BCUT2D eigenvalue weighted by molar-refractivity contribution is -0.122. The van der Waals surface area contributed by atoms with E-state index in [1.807, 2.05) is 0 Å². The van der Waals surface area contributed by atoms with Gasteiger partial charge in [-0.2, -0.15) is 8.78 Å². The van der Waals surface area contributed by atoms with Gasteiger partial charge in [-0.1, -0.05) is 0 Å². The van der Waals surface area contributed by atoms with Gasteiger partial charge in [0.1, 0.15) is 0 Å². The van der Waals surface area contributed by atoms with E-state index in [9.17, 15) is 13.6 Å². The Balaban J connectivity index is 2.11. The molecule has 5 nitrogen and oxygen atoms in total. The van der Waals surface area contributed by atoms with Crippen molar-refractivity contribution in [2.75, 3.05) is 6.54 Å². The number of nitrogens with zero attached hydrogens (tertiary/aromatic N) is 2. The van der Waals surface area contributed by atoms with E-state index in [1.165, 1.54) is 0 Å². The van der Waals surface area contributed by atoms with Gasteiger partial charge in [-0.25, -0.2) is 0 Å². The summed E-state index contributed by atoms with van der Waals surface area (Å²) in [6.07, 6.45) is -1.91. The first kappa shape index (κ1) is 10.0. The molecular formula is C8H9F2N3O2. The highest BCUT2D eigenvalue weighted by molar-refractivity contribution is 5.77. The zero-order chi connectivity index (χ0) is 10.8. The van der Waals surface area contributed by atoms with Crippen LogP contribution in [0.15, 0.2) is 4.42 Å². The van der Waals surface area contributed by atoms with E-state index in [-0.39, 0.29) is 24.1 Å². The number of rotatable bonds is 2. The number of alkyl halides is 2. The van der Waals surface area contributed by atoms with Gasteiger partial charge in [0.25, 0.3) is 5.89 Å². The minimum atomic E-state index is -2.76. The fourth-order valence-electron chi connectivity index (χ4n) is 1.49. The van der Waals surface area contributed by atoms with Crippen molar-refractivity contribution in [1.82, 2.24) is 15.5 Å². The summed E-state index contributed by atoms with van der Waals surface area (Å²) in [5, 5.41) is 9.37. The number of amides is 1. The van der Waals surface area contributed by atoms with Gasteiger partial charge in [-0.15, -0.1) is 10.2 Å². The summed E-state index contributed by atoms with van der Waals surface area (Å²) in [4.78, 5) is 11.0. The molecule has 82 valence electrons. The summed E-state index contributed by atoms with van der Waals surface area (Å²) >= 11 is 0. The molecule has 1 N–H and O–H groups in total. The molecule has 0 bridgehead atoms. The largest absolute Gasteiger partial charge is 0.419 e. The predicted octanol–water partition coefficient (Wildman–Crippen LogP) is 1.00. The second-order valence-electron chi connectivity index (χ2n) is 3.32. The van der Waals surface area contributed by atoms with E-state index in [2.05, 4.69) is 15.5 Å². The van der Waals surface area contributed by atoms with Gasteiger partial charge in [0.15, 0.2) is 0 Å². The molecule has 0 radical (unpaired) electrons. The second kappa shape index (κ2) is 3.92. The maximum atomic E-state index is 12.1. The Morgan fingerprint density at radius 3 is 2.87 bits per heavy atom. The highest BCUT2D eigenvalue weighted by atomic mass is 19.3. The number of hydrogen-bond donors (Lipinski definition) is 1. The van der Waals surface area contributed by atoms with Crippen LogP contribution < -0.4 is 5.32 Å². The van der Waals surface area contributed by atoms with E-state index in [4.69, 9.17) is 4.42 Å². The number of carbonyl (C=O) groups is 1. The average molecular weight is 217 g/mol. The molecule has 2 heterocycles. The zero-order valence-electron chi connectivity index (χ0n) is 7.74. The van der Waals surface area contributed by atoms with Crippen molar-refractivity contribution in [2.24, 2.45) is 0 Å². The third kappa shape index (κ3) is 2.11. The van der Waals surface area contributed by atoms with Crippen LogP contribution in [-0.2, 0) is 4.79 Å². The van der Waals surface area contributed by atoms with Gasteiger partial charge in [-0.05, 0) is 6.42 Å². The van der Waals surface area contributed by atoms with Gasteiger partial charge in [0.2, 0.25) is 11.8 Å². The summed E-state index contributed by atoms with van der Waals surface area (Å²) in [5.41, 5.74) is 0. The van der Waals surface area contributed by atoms with Crippen molar-refractivity contribution in [3.8, 4) is 0 Å². The Morgan fingerprint density at radius 1 is 1.47 bits per heavy atom. The number of aromatic nitrogens is 2. The Kier molecular flexibility index (Phi) is 2.61. The first-order chi connectivity index (χ1) is 7.16. The number of halogens is 2. The van der Waals surface area contributed by atoms with Crippen LogP contribution in [0.4, 0.5) is 8.78 Å². The molecule has 1 amide bonds. The summed E-state index contributed by atoms with van der Waals surface area (Å²) in [6.45, 7) is 0.510. The molecule has 1 aliphatic heterocycles. The fourth-order valence-corrected chi connectivity index (χ4v) is 1.49. The van der Waals surface area contributed by atoms with Crippen LogP contribution in [0, 0.1) is 0 Å². The lowest BCUT2D eigenvalue weighted by Crippen LogP contribution is -2.32. The fraction of sp³-hybridized carbons (Fsp3) is 0.625. The molecule has 2 rings (SSSR count). The van der Waals surface area contributed by atoms with E-state index >= 15 is 0 Å². The molecule has 1 aromatic rings. The van der Waals surface area contributed by atoms with Crippen molar-refractivity contribution >= 4 is 5.91 Å². The molecule has 1 fully saturated rings. The Labute approximate surface area is 83.9 Å². The normalized spacial score (nSPS) is 21.8. The molecule has 1 aliphatic rings. The molecule has 15 heavy (non-hydrogen) atoms. The molecule has 0 aromatic carbocycles. The van der Waals surface area contributed by atoms with Crippen LogP contribution in [-0.4, -0.2) is 22.6 Å². The third-order valence-electron chi connectivity index (χ3n) is 2.24. The predicted molar refractivity (Wildman–Crippen MR) is 44.2 cm³/mol. The number of nitrogens with one attached hydrogen (secondary N) is 1. The molecule has 1 aromatic heterocycles. The minimum Gasteiger partial charge on any atom is -0.419 e. The van der Waals surface area contributed by atoms with E-state index in [0.29, 0.717) is 13.0 Å². The van der Waals surface area contributed by atoms with Crippen LogP contribution in [0.25, 0.3) is 0 Å². The van der Waals surface area contributed by atoms with Crippen molar-refractivity contribution in [3.63, 3.8) is 0 Å². The van der Waals surface area contributed by atoms with Crippen LogP contribution in [0.3, 0.4) is 0 Å². The number of hydrogen-bond acceptors (Lipinski definition) is 4. The third-order valence-corrected chi connectivity index (χ3v) is 2.24. The van der Waals surface area contributed by atoms with E-state index < -0.39 is 12.3 Å². The Bertz CT molecular complexity index is 367. The first-order valence-corrected chi connectivity index (χ1v) is 4.55. The number of carbonyl (C=O) groups excluding carboxylic acids is 1. The minimum absolute atomic E-state index is 0.122. The van der Waals surface area contributed by atoms with Crippen molar-refractivity contribution in [1.29, 1.82) is 0 Å². The maximum Gasteiger partial charge on any atom is 0.314 e. The first-order valence-electron chi connectivity index (χ1n) is 4.55. The summed E-state index contributed by atoms with van der Waals surface area (Å²) < 4.78 is 29.1. The van der Waals surface area contributed by atoms with Gasteiger partial charge in [-0.3, -0.25) is 4.79 Å². The standard InChI is InChI=1S/C8H9F2N3O2/c9-6(10)8-13-12-7(15-8)4-1-2-11-5(14)3-4/h4,6H,1-3H2,(H,11,14). The van der Waals surface area contributed by atoms with Crippen molar-refractivity contribution < 1.29 is 18.0 Å². The van der Waals surface area contributed by atoms with Crippen LogP contribution in [0.2, 0.25) is 0 Å². The molecule has 1 unspecified atom stereocenters. The molecule has 7 heteroatoms. The average Bonchev–Trinajstić information content (AvgIpc) is 2.66. The molecule has 0 spiro atoms. The van der Waals surface area contributed by atoms with Crippen LogP contribution in [0.5, 0.6) is 0 Å². The molecule has 1 atom stereocenters. The highest BCUT2D eigenvalue weighted by Crippen LogP contribution is 2.26. The Hall–Kier alpha value is -1.53. The van der Waals surface area contributed by atoms with Crippen molar-refractivity contribution in [2.45, 2.75) is 25.2 Å². The summed E-state index contributed by atoms with van der Waals surface area (Å²) in [7, 11) is 0. The SMILES string of the molecule is O=C1CC(c2nnc(C(F)F)o2)CCN1. The number of piperidine rings is 1. The highest BCUT2D eigenvalue weighted by Gasteiger charge is 2.26. The van der Waals surface area contributed by atoms with Gasteiger partial charge in [0.05, 0.1) is 0 Å². The second-order valence-corrected chi connectivity index (χ2v) is 3.32.